The molecule has 1 aliphatic heterocycles. The first-order chi connectivity index (χ1) is 25.8. The van der Waals surface area contributed by atoms with Gasteiger partial charge in [0.1, 0.15) is 6.54 Å². The summed E-state index contributed by atoms with van der Waals surface area (Å²) < 4.78 is 11.5. The van der Waals surface area contributed by atoms with Crippen LogP contribution < -0.4 is 10.6 Å². The topological polar surface area (TPSA) is 112 Å². The van der Waals surface area contributed by atoms with Gasteiger partial charge in [0.05, 0.1) is 54.2 Å². The van der Waals surface area contributed by atoms with Gasteiger partial charge in [-0.2, -0.15) is 0 Å². The van der Waals surface area contributed by atoms with Gasteiger partial charge < -0.3 is 24.6 Å². The lowest BCUT2D eigenvalue weighted by molar-refractivity contribution is -0.131. The first-order valence-corrected chi connectivity index (χ1v) is 20.4. The third-order valence-electron chi connectivity index (χ3n) is 9.33. The van der Waals surface area contributed by atoms with Crippen LogP contribution in [0.3, 0.4) is 0 Å². The Bertz CT molecular complexity index is 1620. The zero-order chi connectivity index (χ0) is 37.3. The monoisotopic (exact) mass is 761 g/mol. The lowest BCUT2D eigenvalue weighted by Gasteiger charge is -2.32. The molecule has 1 saturated heterocycles. The van der Waals surface area contributed by atoms with E-state index in [1.54, 1.807) is 39.5 Å². The van der Waals surface area contributed by atoms with Crippen LogP contribution in [0.4, 0.5) is 4.79 Å². The molecule has 13 heteroatoms. The number of hydrogen-bond donors (Lipinski definition) is 2. The molecule has 11 nitrogen and oxygen atoms in total. The van der Waals surface area contributed by atoms with Crippen LogP contribution >= 0.6 is 22.7 Å². The second-order valence-electron chi connectivity index (χ2n) is 13.9. The zero-order valence-electron chi connectivity index (χ0n) is 31.3. The lowest BCUT2D eigenvalue weighted by Crippen LogP contribution is -2.52. The van der Waals surface area contributed by atoms with Gasteiger partial charge in [0.15, 0.2) is 0 Å². The van der Waals surface area contributed by atoms with Gasteiger partial charge in [-0.15, -0.1) is 22.7 Å². The molecule has 2 aromatic heterocycles. The van der Waals surface area contributed by atoms with E-state index in [0.717, 1.165) is 53.5 Å². The third-order valence-corrected chi connectivity index (χ3v) is 11.3. The van der Waals surface area contributed by atoms with Gasteiger partial charge >= 0.3 is 6.03 Å². The number of thiazole rings is 2. The van der Waals surface area contributed by atoms with Crippen LogP contribution in [-0.2, 0) is 40.3 Å². The van der Waals surface area contributed by atoms with Gasteiger partial charge in [-0.05, 0) is 36.8 Å². The fraction of sp³-hybridized carbons (Fsp3) is 0.500. The van der Waals surface area contributed by atoms with Gasteiger partial charge in [0.25, 0.3) is 0 Å². The number of ether oxygens (including phenoxy) is 2. The largest absolute Gasteiger partial charge is 0.379 e. The molecule has 0 spiro atoms. The summed E-state index contributed by atoms with van der Waals surface area (Å²) in [7, 11) is 1.79. The SMILES string of the molecule is CC(C)c1nc(CN(C)C(=O)CN(CCN2CCOCC2)C(=O)NC(CCC(Cc2ccccc2)NCOCc2cncs2)Cc2ccccc2)cs1. The fourth-order valence-electron chi connectivity index (χ4n) is 6.22. The smallest absolute Gasteiger partial charge is 0.318 e. The lowest BCUT2D eigenvalue weighted by atomic mass is 9.96. The number of carbonyl (C=O) groups is 2. The minimum atomic E-state index is -0.225. The number of nitrogens with one attached hydrogen (secondary N) is 2. The highest BCUT2D eigenvalue weighted by Crippen LogP contribution is 2.20. The maximum Gasteiger partial charge on any atom is 0.318 e. The van der Waals surface area contributed by atoms with Gasteiger partial charge in [0.2, 0.25) is 5.91 Å². The van der Waals surface area contributed by atoms with Gasteiger partial charge in [-0.1, -0.05) is 74.5 Å². The van der Waals surface area contributed by atoms with Crippen LogP contribution in [0.1, 0.15) is 59.3 Å². The third kappa shape index (κ3) is 14.2. The number of hydrogen-bond acceptors (Lipinski definition) is 10. The predicted octanol–water partition coefficient (Wildman–Crippen LogP) is 5.79. The average Bonchev–Trinajstić information content (AvgIpc) is 3.88. The summed E-state index contributed by atoms with van der Waals surface area (Å²) >= 11 is 3.20. The standard InChI is InChI=1S/C40H55N7O4S2/c1-31(2)39-43-36(28-52-39)25-45(3)38(48)26-47(17-16-46-18-20-50-21-19-46)40(49)44-35(23-33-12-8-5-9-13-33)15-14-34(22-32-10-6-4-7-11-32)42-29-51-27-37-24-41-30-53-37/h4-13,24,28,30-31,34-35,42H,14-23,25-27,29H2,1-3H3,(H,44,49). The Morgan fingerprint density at radius 3 is 2.28 bits per heavy atom. The van der Waals surface area contributed by atoms with Crippen molar-refractivity contribution in [2.24, 2.45) is 0 Å². The van der Waals surface area contributed by atoms with Crippen LogP contribution in [0, 0.1) is 0 Å². The molecule has 0 radical (unpaired) electrons. The summed E-state index contributed by atoms with van der Waals surface area (Å²) in [6.07, 6.45) is 4.91. The van der Waals surface area contributed by atoms with Crippen LogP contribution in [0.25, 0.3) is 0 Å². The number of benzene rings is 2. The Morgan fingerprint density at radius 1 is 0.962 bits per heavy atom. The van der Waals surface area contributed by atoms with E-state index in [9.17, 15) is 9.59 Å². The highest BCUT2D eigenvalue weighted by molar-refractivity contribution is 7.09. The quantitative estimate of drug-likeness (QED) is 0.0812. The van der Waals surface area contributed by atoms with Crippen molar-refractivity contribution >= 4 is 34.6 Å². The molecule has 53 heavy (non-hydrogen) atoms. The van der Waals surface area contributed by atoms with Crippen molar-refractivity contribution in [1.29, 1.82) is 0 Å². The van der Waals surface area contributed by atoms with E-state index in [4.69, 9.17) is 14.5 Å². The summed E-state index contributed by atoms with van der Waals surface area (Å²) in [6.45, 7) is 9.63. The Morgan fingerprint density at radius 2 is 1.64 bits per heavy atom. The minimum Gasteiger partial charge on any atom is -0.379 e. The van der Waals surface area contributed by atoms with E-state index in [1.807, 2.05) is 41.4 Å². The number of aromatic nitrogens is 2. The maximum absolute atomic E-state index is 14.2. The van der Waals surface area contributed by atoms with Crippen molar-refractivity contribution in [2.45, 2.75) is 70.7 Å². The Balaban J connectivity index is 1.26. The number of urea groups is 1. The molecular weight excluding hydrogens is 707 g/mol. The Kier molecular flexibility index (Phi) is 16.7. The van der Waals surface area contributed by atoms with Crippen molar-refractivity contribution in [3.05, 3.63) is 104 Å². The molecule has 4 aromatic rings. The highest BCUT2D eigenvalue weighted by Gasteiger charge is 2.25. The molecule has 2 N–H and O–H groups in total. The molecule has 1 aliphatic rings. The molecule has 2 aromatic carbocycles. The Labute approximate surface area is 322 Å². The van der Waals surface area contributed by atoms with E-state index in [2.05, 4.69) is 70.8 Å². The maximum atomic E-state index is 14.2. The molecular formula is C40H55N7O4S2. The van der Waals surface area contributed by atoms with Crippen LogP contribution in [0.15, 0.2) is 77.8 Å². The van der Waals surface area contributed by atoms with Crippen LogP contribution in [0.2, 0.25) is 0 Å². The molecule has 2 atom stereocenters. The van der Waals surface area contributed by atoms with E-state index >= 15 is 0 Å². The molecule has 3 amide bonds. The second-order valence-corrected chi connectivity index (χ2v) is 15.8. The second kappa shape index (κ2) is 21.9. The molecule has 3 heterocycles. The van der Waals surface area contributed by atoms with Crippen molar-refractivity contribution in [3.8, 4) is 0 Å². The van der Waals surface area contributed by atoms with Gasteiger partial charge in [-0.3, -0.25) is 20.0 Å². The summed E-state index contributed by atoms with van der Waals surface area (Å²) in [5, 5.41) is 10.1. The molecule has 1 fully saturated rings. The van der Waals surface area contributed by atoms with Crippen molar-refractivity contribution < 1.29 is 19.1 Å². The average molecular weight is 762 g/mol. The molecule has 0 aliphatic carbocycles. The number of rotatable bonds is 21. The molecule has 5 rings (SSSR count). The first kappa shape index (κ1) is 40.5. The predicted molar refractivity (Wildman–Crippen MR) is 212 cm³/mol. The van der Waals surface area contributed by atoms with Crippen LogP contribution in [-0.4, -0.2) is 108 Å². The van der Waals surface area contributed by atoms with E-state index in [1.165, 1.54) is 5.56 Å². The van der Waals surface area contributed by atoms with Crippen molar-refractivity contribution in [2.75, 3.05) is 59.7 Å². The van der Waals surface area contributed by atoms with Gasteiger partial charge in [-0.25, -0.2) is 9.78 Å². The normalized spacial score (nSPS) is 14.6. The minimum absolute atomic E-state index is 0.0127. The Hall–Kier alpha value is -3.72. The summed E-state index contributed by atoms with van der Waals surface area (Å²) in [5.74, 6) is 0.219. The number of nitrogens with zero attached hydrogens (tertiary/aromatic N) is 5. The van der Waals surface area contributed by atoms with Crippen molar-refractivity contribution in [1.82, 2.24) is 35.3 Å². The molecule has 2 unspecified atom stereocenters. The summed E-state index contributed by atoms with van der Waals surface area (Å²) in [4.78, 5) is 43.5. The molecule has 286 valence electrons. The van der Waals surface area contributed by atoms with Gasteiger partial charge in [0, 0.05) is 62.8 Å². The first-order valence-electron chi connectivity index (χ1n) is 18.6. The highest BCUT2D eigenvalue weighted by atomic mass is 32.1. The zero-order valence-corrected chi connectivity index (χ0v) is 33.0. The van der Waals surface area contributed by atoms with Crippen LogP contribution in [0.5, 0.6) is 0 Å². The number of amides is 3. The molecule has 0 bridgehead atoms. The van der Waals surface area contributed by atoms with E-state index in [0.29, 0.717) is 58.5 Å². The number of carbonyl (C=O) groups excluding carboxylic acids is 2. The summed E-state index contributed by atoms with van der Waals surface area (Å²) in [6, 6.07) is 20.5. The summed E-state index contributed by atoms with van der Waals surface area (Å²) in [5.41, 5.74) is 5.08. The number of likely N-dealkylation sites (N-methyl/N-ethyl adjacent to an activating group) is 1. The van der Waals surface area contributed by atoms with E-state index in [-0.39, 0.29) is 30.6 Å². The van der Waals surface area contributed by atoms with E-state index < -0.39 is 0 Å². The fourth-order valence-corrected chi connectivity index (χ4v) is 7.58. The number of morpholine rings is 1. The van der Waals surface area contributed by atoms with Crippen molar-refractivity contribution in [3.63, 3.8) is 0 Å². The molecule has 0 saturated carbocycles.